The third-order valence-electron chi connectivity index (χ3n) is 4.26. The molecule has 0 aliphatic rings. The van der Waals surface area contributed by atoms with Gasteiger partial charge in [0, 0.05) is 29.8 Å². The van der Waals surface area contributed by atoms with E-state index in [0.29, 0.717) is 5.69 Å². The molecule has 0 saturated heterocycles. The zero-order chi connectivity index (χ0) is 18.1. The van der Waals surface area contributed by atoms with Crippen LogP contribution in [0.2, 0.25) is 0 Å². The summed E-state index contributed by atoms with van der Waals surface area (Å²) in [5.74, 6) is -0.218. The summed E-state index contributed by atoms with van der Waals surface area (Å²) < 4.78 is 2.02. The Hall–Kier alpha value is -3.47. The van der Waals surface area contributed by atoms with Crippen molar-refractivity contribution < 1.29 is 4.79 Å². The van der Waals surface area contributed by atoms with Crippen molar-refractivity contribution >= 4 is 17.2 Å². The Balaban J connectivity index is 1.56. The van der Waals surface area contributed by atoms with Crippen molar-refractivity contribution in [1.82, 2.24) is 14.4 Å². The van der Waals surface area contributed by atoms with Crippen LogP contribution < -0.4 is 5.32 Å². The molecule has 0 spiro atoms. The van der Waals surface area contributed by atoms with Crippen LogP contribution in [0.5, 0.6) is 0 Å². The SMILES string of the molecule is Cc1ccnc(C(=O)Nc2ccc(-c3cn4cccc(C)c4n3)cc2)c1. The number of fused-ring (bicyclic) bond motifs is 1. The summed E-state index contributed by atoms with van der Waals surface area (Å²) in [6.45, 7) is 3.98. The second kappa shape index (κ2) is 6.44. The minimum atomic E-state index is -0.218. The predicted molar refractivity (Wildman–Crippen MR) is 102 cm³/mol. The monoisotopic (exact) mass is 342 g/mol. The van der Waals surface area contributed by atoms with Gasteiger partial charge in [-0.3, -0.25) is 9.78 Å². The van der Waals surface area contributed by atoms with Gasteiger partial charge in [0.1, 0.15) is 11.3 Å². The van der Waals surface area contributed by atoms with Crippen LogP contribution in [0.4, 0.5) is 5.69 Å². The first kappa shape index (κ1) is 16.0. The van der Waals surface area contributed by atoms with E-state index in [2.05, 4.69) is 10.3 Å². The standard InChI is InChI=1S/C21H18N4O/c1-14-9-10-22-18(12-14)21(26)23-17-7-5-16(6-8-17)19-13-25-11-3-4-15(2)20(25)24-19/h3-13H,1-2H3,(H,23,26). The number of aromatic nitrogens is 3. The molecule has 3 aromatic heterocycles. The minimum absolute atomic E-state index is 0.218. The second-order valence-electron chi connectivity index (χ2n) is 6.30. The number of benzene rings is 1. The number of nitrogens with zero attached hydrogens (tertiary/aromatic N) is 3. The van der Waals surface area contributed by atoms with Crippen molar-refractivity contribution in [3.05, 3.63) is 83.9 Å². The van der Waals surface area contributed by atoms with Crippen LogP contribution in [0.3, 0.4) is 0 Å². The highest BCUT2D eigenvalue weighted by molar-refractivity contribution is 6.03. The molecule has 4 aromatic rings. The van der Waals surface area contributed by atoms with Crippen molar-refractivity contribution in [3.63, 3.8) is 0 Å². The molecule has 4 rings (SSSR count). The van der Waals surface area contributed by atoms with Crippen molar-refractivity contribution in [2.75, 3.05) is 5.32 Å². The summed E-state index contributed by atoms with van der Waals surface area (Å²) in [5.41, 5.74) is 6.12. The van der Waals surface area contributed by atoms with E-state index >= 15 is 0 Å². The van der Waals surface area contributed by atoms with Crippen molar-refractivity contribution in [2.24, 2.45) is 0 Å². The first-order valence-corrected chi connectivity index (χ1v) is 8.39. The summed E-state index contributed by atoms with van der Waals surface area (Å²) in [4.78, 5) is 21.1. The molecule has 0 unspecified atom stereocenters. The maximum Gasteiger partial charge on any atom is 0.274 e. The topological polar surface area (TPSA) is 59.3 Å². The Morgan fingerprint density at radius 1 is 1.08 bits per heavy atom. The molecule has 1 N–H and O–H groups in total. The Morgan fingerprint density at radius 3 is 2.62 bits per heavy atom. The van der Waals surface area contributed by atoms with Crippen LogP contribution in [0.15, 0.2) is 67.1 Å². The summed E-state index contributed by atoms with van der Waals surface area (Å²) in [6, 6.07) is 15.3. The van der Waals surface area contributed by atoms with Crippen molar-refractivity contribution in [3.8, 4) is 11.3 Å². The minimum Gasteiger partial charge on any atom is -0.321 e. The van der Waals surface area contributed by atoms with E-state index in [1.54, 1.807) is 12.3 Å². The molecule has 0 fully saturated rings. The fourth-order valence-electron chi connectivity index (χ4n) is 2.87. The number of nitrogens with one attached hydrogen (secondary N) is 1. The summed E-state index contributed by atoms with van der Waals surface area (Å²) in [5, 5.41) is 2.87. The number of aryl methyl sites for hydroxylation is 2. The maximum absolute atomic E-state index is 12.3. The van der Waals surface area contributed by atoms with E-state index in [1.807, 2.05) is 73.1 Å². The summed E-state index contributed by atoms with van der Waals surface area (Å²) in [6.07, 6.45) is 5.63. The highest BCUT2D eigenvalue weighted by Gasteiger charge is 2.09. The molecule has 5 nitrogen and oxygen atoms in total. The van der Waals surface area contributed by atoms with E-state index in [9.17, 15) is 4.79 Å². The molecule has 0 aliphatic heterocycles. The van der Waals surface area contributed by atoms with Crippen LogP contribution in [-0.4, -0.2) is 20.3 Å². The fraction of sp³-hybridized carbons (Fsp3) is 0.0952. The smallest absolute Gasteiger partial charge is 0.274 e. The van der Waals surface area contributed by atoms with E-state index in [-0.39, 0.29) is 5.91 Å². The lowest BCUT2D eigenvalue weighted by atomic mass is 10.1. The number of anilines is 1. The number of carbonyl (C=O) groups excluding carboxylic acids is 1. The first-order valence-electron chi connectivity index (χ1n) is 8.39. The quantitative estimate of drug-likeness (QED) is 0.605. The molecule has 26 heavy (non-hydrogen) atoms. The zero-order valence-electron chi connectivity index (χ0n) is 14.6. The molecule has 3 heterocycles. The molecular weight excluding hydrogens is 324 g/mol. The number of hydrogen-bond donors (Lipinski definition) is 1. The number of amides is 1. The molecule has 0 aliphatic carbocycles. The van der Waals surface area contributed by atoms with Crippen LogP contribution >= 0.6 is 0 Å². The number of imidazole rings is 1. The molecule has 0 atom stereocenters. The van der Waals surface area contributed by atoms with Gasteiger partial charge in [-0.25, -0.2) is 4.98 Å². The van der Waals surface area contributed by atoms with E-state index in [1.165, 1.54) is 0 Å². The number of rotatable bonds is 3. The predicted octanol–water partition coefficient (Wildman–Crippen LogP) is 4.27. The molecule has 5 heteroatoms. The van der Waals surface area contributed by atoms with Gasteiger partial charge in [-0.15, -0.1) is 0 Å². The van der Waals surface area contributed by atoms with Gasteiger partial charge in [0.05, 0.1) is 5.69 Å². The van der Waals surface area contributed by atoms with Gasteiger partial charge in [-0.1, -0.05) is 18.2 Å². The number of carbonyl (C=O) groups is 1. The average molecular weight is 342 g/mol. The van der Waals surface area contributed by atoms with Gasteiger partial charge < -0.3 is 9.72 Å². The highest BCUT2D eigenvalue weighted by atomic mass is 16.1. The normalized spacial score (nSPS) is 10.8. The average Bonchev–Trinajstić information content (AvgIpc) is 3.08. The van der Waals surface area contributed by atoms with Crippen molar-refractivity contribution in [1.29, 1.82) is 0 Å². The van der Waals surface area contributed by atoms with E-state index in [0.717, 1.165) is 33.7 Å². The maximum atomic E-state index is 12.3. The van der Waals surface area contributed by atoms with Crippen LogP contribution in [0, 0.1) is 13.8 Å². The first-order chi connectivity index (χ1) is 12.6. The van der Waals surface area contributed by atoms with Gasteiger partial charge in [0.2, 0.25) is 0 Å². The Bertz CT molecular complexity index is 1100. The fourth-order valence-corrected chi connectivity index (χ4v) is 2.87. The van der Waals surface area contributed by atoms with E-state index in [4.69, 9.17) is 4.98 Å². The lowest BCUT2D eigenvalue weighted by Crippen LogP contribution is -2.13. The lowest BCUT2D eigenvalue weighted by molar-refractivity contribution is 0.102. The zero-order valence-corrected chi connectivity index (χ0v) is 14.6. The molecule has 1 amide bonds. The summed E-state index contributed by atoms with van der Waals surface area (Å²) in [7, 11) is 0. The molecule has 1 aromatic carbocycles. The Labute approximate surface area is 151 Å². The van der Waals surface area contributed by atoms with Gasteiger partial charge >= 0.3 is 0 Å². The molecule has 128 valence electrons. The van der Waals surface area contributed by atoms with Gasteiger partial charge in [-0.2, -0.15) is 0 Å². The van der Waals surface area contributed by atoms with Crippen LogP contribution in [0.1, 0.15) is 21.6 Å². The van der Waals surface area contributed by atoms with E-state index < -0.39 is 0 Å². The Morgan fingerprint density at radius 2 is 1.88 bits per heavy atom. The van der Waals surface area contributed by atoms with Gasteiger partial charge in [0.15, 0.2) is 0 Å². The molecule has 0 radical (unpaired) electrons. The largest absolute Gasteiger partial charge is 0.321 e. The van der Waals surface area contributed by atoms with Gasteiger partial charge in [-0.05, 0) is 55.3 Å². The third-order valence-corrected chi connectivity index (χ3v) is 4.26. The second-order valence-corrected chi connectivity index (χ2v) is 6.30. The molecule has 0 bridgehead atoms. The lowest BCUT2D eigenvalue weighted by Gasteiger charge is -2.06. The third kappa shape index (κ3) is 3.07. The summed E-state index contributed by atoms with van der Waals surface area (Å²) >= 11 is 0. The van der Waals surface area contributed by atoms with Crippen LogP contribution in [-0.2, 0) is 0 Å². The van der Waals surface area contributed by atoms with Gasteiger partial charge in [0.25, 0.3) is 5.91 Å². The van der Waals surface area contributed by atoms with Crippen LogP contribution in [0.25, 0.3) is 16.9 Å². The molecular formula is C21H18N4O. The Kier molecular flexibility index (Phi) is 3.97. The van der Waals surface area contributed by atoms with Crippen molar-refractivity contribution in [2.45, 2.75) is 13.8 Å². The highest BCUT2D eigenvalue weighted by Crippen LogP contribution is 2.22. The molecule has 0 saturated carbocycles. The number of pyridine rings is 2. The number of hydrogen-bond acceptors (Lipinski definition) is 3.